The van der Waals surface area contributed by atoms with Crippen LogP contribution in [0.25, 0.3) is 0 Å². The van der Waals surface area contributed by atoms with E-state index in [4.69, 9.17) is 5.73 Å². The maximum absolute atomic E-state index is 11.5. The molecule has 3 nitrogen and oxygen atoms in total. The lowest BCUT2D eigenvalue weighted by Gasteiger charge is -2.10. The van der Waals surface area contributed by atoms with E-state index in [9.17, 15) is 4.79 Å². The number of nitrogens with one attached hydrogen (secondary N) is 1. The fourth-order valence-electron chi connectivity index (χ4n) is 1.26. The van der Waals surface area contributed by atoms with Crippen molar-refractivity contribution in [3.63, 3.8) is 0 Å². The van der Waals surface area contributed by atoms with Crippen LogP contribution in [0.15, 0.2) is 18.2 Å². The van der Waals surface area contributed by atoms with E-state index in [1.54, 1.807) is 0 Å². The minimum Gasteiger partial charge on any atom is -0.326 e. The van der Waals surface area contributed by atoms with Gasteiger partial charge >= 0.3 is 0 Å². The van der Waals surface area contributed by atoms with Gasteiger partial charge in [0.2, 0.25) is 5.91 Å². The maximum atomic E-state index is 11.5. The van der Waals surface area contributed by atoms with Gasteiger partial charge < -0.3 is 11.1 Å². The van der Waals surface area contributed by atoms with Crippen molar-refractivity contribution in [2.75, 3.05) is 5.32 Å². The molecule has 1 rings (SSSR count). The molecule has 0 fully saturated rings. The summed E-state index contributed by atoms with van der Waals surface area (Å²) in [4.78, 5) is 11.5. The van der Waals surface area contributed by atoms with Gasteiger partial charge in [-0.2, -0.15) is 0 Å². The Kier molecular flexibility index (Phi) is 3.86. The highest BCUT2D eigenvalue weighted by atomic mass is 16.1. The quantitative estimate of drug-likeness (QED) is 0.795. The van der Waals surface area contributed by atoms with Crippen molar-refractivity contribution < 1.29 is 4.79 Å². The van der Waals surface area contributed by atoms with E-state index in [1.165, 1.54) is 0 Å². The Balaban J connectivity index is 2.83. The van der Waals surface area contributed by atoms with Crippen molar-refractivity contribution >= 4 is 11.6 Å². The summed E-state index contributed by atoms with van der Waals surface area (Å²) >= 11 is 0. The fourth-order valence-corrected chi connectivity index (χ4v) is 1.26. The third kappa shape index (κ3) is 3.06. The summed E-state index contributed by atoms with van der Waals surface area (Å²) in [6, 6.07) is 5.79. The molecule has 1 aromatic rings. The lowest BCUT2D eigenvalue weighted by molar-refractivity contribution is -0.118. The third-order valence-electron chi connectivity index (χ3n) is 2.36. The largest absolute Gasteiger partial charge is 0.326 e. The first-order valence-electron chi connectivity index (χ1n) is 5.15. The zero-order valence-corrected chi connectivity index (χ0v) is 9.50. The van der Waals surface area contributed by atoms with Crippen molar-refractivity contribution in [1.82, 2.24) is 0 Å². The number of rotatable bonds is 3. The standard InChI is InChI=1S/C12H18N2O/c1-8(2)12(15)14-11-5-4-9(3)10(6-11)7-13/h4-6,8H,7,13H2,1-3H3,(H,14,15). The summed E-state index contributed by atoms with van der Waals surface area (Å²) in [5, 5.41) is 2.85. The second-order valence-corrected chi connectivity index (χ2v) is 3.99. The van der Waals surface area contributed by atoms with Crippen LogP contribution in [0.2, 0.25) is 0 Å². The average Bonchev–Trinajstić information content (AvgIpc) is 2.20. The number of carbonyl (C=O) groups is 1. The van der Waals surface area contributed by atoms with Crippen LogP contribution in [0.1, 0.15) is 25.0 Å². The predicted octanol–water partition coefficient (Wildman–Crippen LogP) is 2.05. The van der Waals surface area contributed by atoms with Crippen molar-refractivity contribution in [3.8, 4) is 0 Å². The van der Waals surface area contributed by atoms with E-state index < -0.39 is 0 Å². The van der Waals surface area contributed by atoms with Gasteiger partial charge in [-0.05, 0) is 30.2 Å². The molecule has 0 aromatic heterocycles. The molecule has 0 bridgehead atoms. The van der Waals surface area contributed by atoms with E-state index in [-0.39, 0.29) is 11.8 Å². The number of nitrogens with two attached hydrogens (primary N) is 1. The van der Waals surface area contributed by atoms with Crippen molar-refractivity contribution in [3.05, 3.63) is 29.3 Å². The molecule has 0 heterocycles. The molecule has 0 saturated carbocycles. The fraction of sp³-hybridized carbons (Fsp3) is 0.417. The van der Waals surface area contributed by atoms with Gasteiger partial charge in [-0.3, -0.25) is 4.79 Å². The number of carbonyl (C=O) groups excluding carboxylic acids is 1. The van der Waals surface area contributed by atoms with Gasteiger partial charge in [0.05, 0.1) is 0 Å². The first kappa shape index (κ1) is 11.7. The molecule has 1 amide bonds. The molecule has 0 aliphatic carbocycles. The minimum absolute atomic E-state index is 0.00682. The molecule has 0 unspecified atom stereocenters. The van der Waals surface area contributed by atoms with Crippen LogP contribution in [0.5, 0.6) is 0 Å². The molecule has 3 N–H and O–H groups in total. The zero-order chi connectivity index (χ0) is 11.4. The normalized spacial score (nSPS) is 10.5. The number of benzene rings is 1. The molecule has 0 atom stereocenters. The van der Waals surface area contributed by atoms with Gasteiger partial charge in [0.1, 0.15) is 0 Å². The van der Waals surface area contributed by atoms with Gasteiger partial charge in [-0.1, -0.05) is 19.9 Å². The SMILES string of the molecule is Cc1ccc(NC(=O)C(C)C)cc1CN. The van der Waals surface area contributed by atoms with Gasteiger partial charge in [-0.15, -0.1) is 0 Å². The van der Waals surface area contributed by atoms with Crippen molar-refractivity contribution in [2.24, 2.45) is 11.7 Å². The molecule has 0 saturated heterocycles. The monoisotopic (exact) mass is 206 g/mol. The number of aryl methyl sites for hydroxylation is 1. The van der Waals surface area contributed by atoms with Gasteiger partial charge in [0.15, 0.2) is 0 Å². The van der Waals surface area contributed by atoms with Crippen LogP contribution in [0.4, 0.5) is 5.69 Å². The van der Waals surface area contributed by atoms with Crippen LogP contribution in [-0.4, -0.2) is 5.91 Å². The molecule has 0 aliphatic rings. The lowest BCUT2D eigenvalue weighted by atomic mass is 10.1. The molecule has 15 heavy (non-hydrogen) atoms. The Bertz CT molecular complexity index is 359. The molecule has 3 heteroatoms. The summed E-state index contributed by atoms with van der Waals surface area (Å²) in [5.74, 6) is 0.0226. The van der Waals surface area contributed by atoms with E-state index >= 15 is 0 Å². The molecule has 82 valence electrons. The Morgan fingerprint density at radius 1 is 1.47 bits per heavy atom. The topological polar surface area (TPSA) is 55.1 Å². The molecule has 0 radical (unpaired) electrons. The number of hydrogen-bond donors (Lipinski definition) is 2. The first-order valence-corrected chi connectivity index (χ1v) is 5.15. The van der Waals surface area contributed by atoms with E-state index in [1.807, 2.05) is 39.0 Å². The number of anilines is 1. The highest BCUT2D eigenvalue weighted by Gasteiger charge is 2.07. The van der Waals surface area contributed by atoms with E-state index in [0.29, 0.717) is 6.54 Å². The Labute approximate surface area is 90.7 Å². The second-order valence-electron chi connectivity index (χ2n) is 3.99. The molecule has 0 spiro atoms. The average molecular weight is 206 g/mol. The zero-order valence-electron chi connectivity index (χ0n) is 9.50. The van der Waals surface area contributed by atoms with Gasteiger partial charge in [0.25, 0.3) is 0 Å². The molecule has 0 aliphatic heterocycles. The van der Waals surface area contributed by atoms with Crippen LogP contribution in [0.3, 0.4) is 0 Å². The van der Waals surface area contributed by atoms with Gasteiger partial charge in [0, 0.05) is 18.2 Å². The Hall–Kier alpha value is -1.35. The molecule has 1 aromatic carbocycles. The van der Waals surface area contributed by atoms with Gasteiger partial charge in [-0.25, -0.2) is 0 Å². The number of amides is 1. The summed E-state index contributed by atoms with van der Waals surface area (Å²) < 4.78 is 0. The van der Waals surface area contributed by atoms with E-state index in [2.05, 4.69) is 5.32 Å². The summed E-state index contributed by atoms with van der Waals surface area (Å²) in [6.45, 7) is 6.24. The summed E-state index contributed by atoms with van der Waals surface area (Å²) in [7, 11) is 0. The highest BCUT2D eigenvalue weighted by Crippen LogP contribution is 2.15. The Morgan fingerprint density at radius 2 is 2.13 bits per heavy atom. The van der Waals surface area contributed by atoms with Crippen LogP contribution in [-0.2, 0) is 11.3 Å². The van der Waals surface area contributed by atoms with Crippen molar-refractivity contribution in [1.29, 1.82) is 0 Å². The van der Waals surface area contributed by atoms with E-state index in [0.717, 1.165) is 16.8 Å². The highest BCUT2D eigenvalue weighted by molar-refractivity contribution is 5.92. The lowest BCUT2D eigenvalue weighted by Crippen LogP contribution is -2.18. The predicted molar refractivity (Wildman–Crippen MR) is 62.5 cm³/mol. The Morgan fingerprint density at radius 3 is 2.67 bits per heavy atom. The number of hydrogen-bond acceptors (Lipinski definition) is 2. The summed E-state index contributed by atoms with van der Waals surface area (Å²) in [6.07, 6.45) is 0. The first-order chi connectivity index (χ1) is 7.04. The molecular weight excluding hydrogens is 188 g/mol. The van der Waals surface area contributed by atoms with Crippen molar-refractivity contribution in [2.45, 2.75) is 27.3 Å². The second kappa shape index (κ2) is 4.94. The molecular formula is C12H18N2O. The third-order valence-corrected chi connectivity index (χ3v) is 2.36. The van der Waals surface area contributed by atoms with Crippen LogP contribution in [0, 0.1) is 12.8 Å². The van der Waals surface area contributed by atoms with Crippen LogP contribution < -0.4 is 11.1 Å². The van der Waals surface area contributed by atoms with Crippen LogP contribution >= 0.6 is 0 Å². The summed E-state index contributed by atoms with van der Waals surface area (Å²) in [5.41, 5.74) is 8.64. The smallest absolute Gasteiger partial charge is 0.226 e. The maximum Gasteiger partial charge on any atom is 0.226 e. The minimum atomic E-state index is -0.00682.